The quantitative estimate of drug-likeness (QED) is 0.599. The average Bonchev–Trinajstić information content (AvgIpc) is 2.15. The van der Waals surface area contributed by atoms with Gasteiger partial charge < -0.3 is 0 Å². The highest BCUT2D eigenvalue weighted by Crippen LogP contribution is 2.13. The third kappa shape index (κ3) is 2.87. The normalized spacial score (nSPS) is 8.31. The van der Waals surface area contributed by atoms with Crippen LogP contribution in [0.25, 0.3) is 0 Å². The van der Waals surface area contributed by atoms with Gasteiger partial charge >= 0.3 is 0 Å². The Balaban J connectivity index is 0.000000671. The average molecular weight is 179 g/mol. The Kier molecular flexibility index (Phi) is 4.76. The summed E-state index contributed by atoms with van der Waals surface area (Å²) in [6.07, 6.45) is 0. The second kappa shape index (κ2) is 5.31. The van der Waals surface area contributed by atoms with E-state index in [9.17, 15) is 4.39 Å². The lowest BCUT2D eigenvalue weighted by Gasteiger charge is -1.99. The summed E-state index contributed by atoms with van der Waals surface area (Å²) in [7, 11) is 0. The molecule has 0 bridgehead atoms. The van der Waals surface area contributed by atoms with E-state index in [0.717, 1.165) is 5.56 Å². The van der Waals surface area contributed by atoms with Crippen molar-refractivity contribution in [1.82, 2.24) is 0 Å². The minimum atomic E-state index is -0.313. The van der Waals surface area contributed by atoms with Gasteiger partial charge in [-0.2, -0.15) is 5.26 Å². The highest BCUT2D eigenvalue weighted by Gasteiger charge is 2.01. The number of hydrogen-bond acceptors (Lipinski definition) is 1. The van der Waals surface area contributed by atoms with Gasteiger partial charge in [0.15, 0.2) is 0 Å². The van der Waals surface area contributed by atoms with Crippen LogP contribution in [0.3, 0.4) is 0 Å². The van der Waals surface area contributed by atoms with Crippen molar-refractivity contribution in [3.8, 4) is 6.07 Å². The summed E-state index contributed by atoms with van der Waals surface area (Å²) in [5.74, 6) is -0.313. The predicted molar refractivity (Wildman–Crippen MR) is 51.9 cm³/mol. The molecule has 1 aromatic rings. The number of rotatable bonds is 0. The third-order valence-electron chi connectivity index (χ3n) is 1.63. The number of aryl methyl sites for hydroxylation is 2. The van der Waals surface area contributed by atoms with Crippen LogP contribution in [0.15, 0.2) is 12.1 Å². The van der Waals surface area contributed by atoms with Crippen LogP contribution < -0.4 is 0 Å². The second-order valence-electron chi connectivity index (χ2n) is 2.53. The zero-order valence-electron chi connectivity index (χ0n) is 8.48. The Hall–Kier alpha value is -1.36. The van der Waals surface area contributed by atoms with Gasteiger partial charge in [0.2, 0.25) is 0 Å². The van der Waals surface area contributed by atoms with Crippen LogP contribution in [0, 0.1) is 31.0 Å². The summed E-state index contributed by atoms with van der Waals surface area (Å²) in [5.41, 5.74) is 1.82. The molecule has 0 radical (unpaired) electrons. The summed E-state index contributed by atoms with van der Waals surface area (Å²) in [6.45, 7) is 7.48. The molecular formula is C11H14FN. The maximum atomic E-state index is 12.8. The van der Waals surface area contributed by atoms with E-state index in [1.165, 1.54) is 6.07 Å². The molecule has 0 saturated heterocycles. The summed E-state index contributed by atoms with van der Waals surface area (Å²) in [5, 5.41) is 8.52. The van der Waals surface area contributed by atoms with E-state index in [1.807, 2.05) is 19.9 Å². The van der Waals surface area contributed by atoms with Crippen molar-refractivity contribution in [2.75, 3.05) is 0 Å². The number of halogens is 1. The van der Waals surface area contributed by atoms with Crippen molar-refractivity contribution in [2.24, 2.45) is 0 Å². The zero-order chi connectivity index (χ0) is 10.4. The van der Waals surface area contributed by atoms with Crippen LogP contribution in [-0.4, -0.2) is 0 Å². The van der Waals surface area contributed by atoms with Crippen LogP contribution >= 0.6 is 0 Å². The fraction of sp³-hybridized carbons (Fsp3) is 0.364. The van der Waals surface area contributed by atoms with E-state index in [2.05, 4.69) is 0 Å². The topological polar surface area (TPSA) is 23.8 Å². The number of hydrogen-bond donors (Lipinski definition) is 0. The Bertz CT molecular complexity index is 324. The van der Waals surface area contributed by atoms with Gasteiger partial charge in [0.1, 0.15) is 5.82 Å². The molecule has 0 unspecified atom stereocenters. The first kappa shape index (κ1) is 11.6. The second-order valence-corrected chi connectivity index (χ2v) is 2.53. The van der Waals surface area contributed by atoms with Gasteiger partial charge in [0, 0.05) is 0 Å². The van der Waals surface area contributed by atoms with E-state index >= 15 is 0 Å². The van der Waals surface area contributed by atoms with Gasteiger partial charge in [-0.3, -0.25) is 0 Å². The molecule has 0 aromatic heterocycles. The molecule has 1 nitrogen and oxygen atoms in total. The maximum Gasteiger partial charge on any atom is 0.127 e. The molecule has 13 heavy (non-hydrogen) atoms. The molecule has 1 rings (SSSR count). The number of benzene rings is 1. The Labute approximate surface area is 78.8 Å². The standard InChI is InChI=1S/C9H8FN.C2H6/c1-6-3-7(2)9(10)4-8(6)5-11;1-2/h3-4H,1-2H3;1-2H3. The summed E-state index contributed by atoms with van der Waals surface area (Å²) < 4.78 is 12.8. The Morgan fingerprint density at radius 3 is 2.15 bits per heavy atom. The van der Waals surface area contributed by atoms with E-state index in [1.54, 1.807) is 19.9 Å². The molecular weight excluding hydrogens is 165 g/mol. The first-order valence-corrected chi connectivity index (χ1v) is 4.32. The molecule has 70 valence electrons. The summed E-state index contributed by atoms with van der Waals surface area (Å²) >= 11 is 0. The molecule has 0 saturated carbocycles. The molecule has 0 fully saturated rings. The minimum Gasteiger partial charge on any atom is -0.207 e. The maximum absolute atomic E-state index is 12.8. The van der Waals surface area contributed by atoms with Crippen molar-refractivity contribution in [3.05, 3.63) is 34.6 Å². The predicted octanol–water partition coefficient (Wildman–Crippen LogP) is 3.34. The van der Waals surface area contributed by atoms with E-state index in [4.69, 9.17) is 5.26 Å². The van der Waals surface area contributed by atoms with Crippen molar-refractivity contribution in [1.29, 1.82) is 5.26 Å². The highest BCUT2D eigenvalue weighted by atomic mass is 19.1. The van der Waals surface area contributed by atoms with Gasteiger partial charge in [-0.1, -0.05) is 19.9 Å². The fourth-order valence-corrected chi connectivity index (χ4v) is 0.946. The van der Waals surface area contributed by atoms with Gasteiger partial charge in [-0.25, -0.2) is 4.39 Å². The largest absolute Gasteiger partial charge is 0.207 e. The molecule has 0 heterocycles. The molecule has 0 atom stereocenters. The lowest BCUT2D eigenvalue weighted by molar-refractivity contribution is 0.617. The minimum absolute atomic E-state index is 0.313. The van der Waals surface area contributed by atoms with E-state index < -0.39 is 0 Å². The summed E-state index contributed by atoms with van der Waals surface area (Å²) in [4.78, 5) is 0. The van der Waals surface area contributed by atoms with Crippen LogP contribution in [0.1, 0.15) is 30.5 Å². The SMILES string of the molecule is CC.Cc1cc(C)c(C#N)cc1F. The number of nitrogens with zero attached hydrogens (tertiary/aromatic N) is 1. The zero-order valence-corrected chi connectivity index (χ0v) is 8.48. The Morgan fingerprint density at radius 2 is 1.69 bits per heavy atom. The molecule has 1 aromatic carbocycles. The molecule has 0 amide bonds. The van der Waals surface area contributed by atoms with Crippen molar-refractivity contribution < 1.29 is 4.39 Å². The molecule has 2 heteroatoms. The third-order valence-corrected chi connectivity index (χ3v) is 1.63. The van der Waals surface area contributed by atoms with Crippen molar-refractivity contribution in [2.45, 2.75) is 27.7 Å². The smallest absolute Gasteiger partial charge is 0.127 e. The van der Waals surface area contributed by atoms with E-state index in [-0.39, 0.29) is 5.82 Å². The van der Waals surface area contributed by atoms with Crippen molar-refractivity contribution in [3.63, 3.8) is 0 Å². The molecule has 0 aliphatic heterocycles. The lowest BCUT2D eigenvalue weighted by Crippen LogP contribution is -1.88. The van der Waals surface area contributed by atoms with Crippen LogP contribution in [0.2, 0.25) is 0 Å². The first-order valence-electron chi connectivity index (χ1n) is 4.32. The van der Waals surface area contributed by atoms with Crippen LogP contribution in [-0.2, 0) is 0 Å². The molecule has 0 aliphatic rings. The van der Waals surface area contributed by atoms with E-state index in [0.29, 0.717) is 11.1 Å². The van der Waals surface area contributed by atoms with Gasteiger partial charge in [-0.15, -0.1) is 0 Å². The lowest BCUT2D eigenvalue weighted by atomic mass is 10.1. The van der Waals surface area contributed by atoms with Crippen molar-refractivity contribution >= 4 is 0 Å². The fourth-order valence-electron chi connectivity index (χ4n) is 0.946. The highest BCUT2D eigenvalue weighted by molar-refractivity contribution is 5.39. The van der Waals surface area contributed by atoms with Gasteiger partial charge in [0.05, 0.1) is 11.6 Å². The molecule has 0 aliphatic carbocycles. The molecule has 0 spiro atoms. The monoisotopic (exact) mass is 179 g/mol. The first-order chi connectivity index (χ1) is 6.15. The van der Waals surface area contributed by atoms with Gasteiger partial charge in [-0.05, 0) is 31.0 Å². The van der Waals surface area contributed by atoms with Crippen LogP contribution in [0.4, 0.5) is 4.39 Å². The number of nitriles is 1. The molecule has 0 N–H and O–H groups in total. The summed E-state index contributed by atoms with van der Waals surface area (Å²) in [6, 6.07) is 4.87. The Morgan fingerprint density at radius 1 is 1.15 bits per heavy atom. The van der Waals surface area contributed by atoms with Gasteiger partial charge in [0.25, 0.3) is 0 Å². The van der Waals surface area contributed by atoms with Crippen LogP contribution in [0.5, 0.6) is 0 Å².